The first-order valence-corrected chi connectivity index (χ1v) is 9.81. The minimum Gasteiger partial charge on any atom is -0.493 e. The maximum absolute atomic E-state index is 12.2. The molecule has 10 heteroatoms. The molecule has 0 unspecified atom stereocenters. The Morgan fingerprint density at radius 3 is 2.04 bits per heavy atom. The highest BCUT2D eigenvalue weighted by Crippen LogP contribution is 2.41. The molecule has 0 bridgehead atoms. The van der Waals surface area contributed by atoms with Gasteiger partial charge in [0.2, 0.25) is 15.8 Å². The van der Waals surface area contributed by atoms with E-state index in [4.69, 9.17) is 14.2 Å². The topological polar surface area (TPSA) is 106 Å². The number of amides is 2. The van der Waals surface area contributed by atoms with E-state index in [1.807, 2.05) is 13.8 Å². The minimum atomic E-state index is -3.60. The quantitative estimate of drug-likeness (QED) is 0.657. The van der Waals surface area contributed by atoms with Gasteiger partial charge in [-0.25, -0.2) is 13.2 Å². The summed E-state index contributed by atoms with van der Waals surface area (Å²) in [7, 11) is 0.761. The number of nitrogens with zero attached hydrogens (tertiary/aromatic N) is 1. The van der Waals surface area contributed by atoms with Crippen molar-refractivity contribution in [1.82, 2.24) is 10.6 Å². The predicted molar refractivity (Wildman–Crippen MR) is 100.0 cm³/mol. The molecule has 0 aliphatic heterocycles. The van der Waals surface area contributed by atoms with Crippen molar-refractivity contribution in [1.29, 1.82) is 0 Å². The number of carbonyl (C=O) groups is 1. The SMILES string of the molecule is COc1cc(N(CCNC(=O)NC(C)C)S(C)(=O)=O)cc(OC)c1OC. The summed E-state index contributed by atoms with van der Waals surface area (Å²) in [6.45, 7) is 3.84. The van der Waals surface area contributed by atoms with Crippen molar-refractivity contribution in [2.45, 2.75) is 19.9 Å². The third-order valence-corrected chi connectivity index (χ3v) is 4.55. The van der Waals surface area contributed by atoms with Crippen molar-refractivity contribution in [2.75, 3.05) is 45.0 Å². The number of hydrogen-bond donors (Lipinski definition) is 2. The Hall–Kier alpha value is -2.36. The van der Waals surface area contributed by atoms with Crippen molar-refractivity contribution >= 4 is 21.7 Å². The van der Waals surface area contributed by atoms with Gasteiger partial charge in [-0.3, -0.25) is 4.31 Å². The highest BCUT2D eigenvalue weighted by Gasteiger charge is 2.22. The zero-order valence-corrected chi connectivity index (χ0v) is 16.8. The van der Waals surface area contributed by atoms with Crippen molar-refractivity contribution in [2.24, 2.45) is 0 Å². The van der Waals surface area contributed by atoms with E-state index in [1.54, 1.807) is 0 Å². The molecule has 0 aliphatic rings. The van der Waals surface area contributed by atoms with Crippen molar-refractivity contribution in [3.8, 4) is 17.2 Å². The zero-order valence-electron chi connectivity index (χ0n) is 16.0. The number of sulfonamides is 1. The van der Waals surface area contributed by atoms with Gasteiger partial charge in [-0.2, -0.15) is 0 Å². The largest absolute Gasteiger partial charge is 0.493 e. The maximum Gasteiger partial charge on any atom is 0.315 e. The Morgan fingerprint density at radius 1 is 1.12 bits per heavy atom. The zero-order chi connectivity index (χ0) is 19.9. The van der Waals surface area contributed by atoms with Gasteiger partial charge in [-0.15, -0.1) is 0 Å². The predicted octanol–water partition coefficient (Wildman–Crippen LogP) is 1.19. The summed E-state index contributed by atoms with van der Waals surface area (Å²) < 4.78 is 41.4. The van der Waals surface area contributed by atoms with Crippen LogP contribution in [0.5, 0.6) is 17.2 Å². The van der Waals surface area contributed by atoms with Crippen LogP contribution in [-0.4, -0.2) is 61.2 Å². The highest BCUT2D eigenvalue weighted by atomic mass is 32.2. The van der Waals surface area contributed by atoms with Crippen LogP contribution in [0.15, 0.2) is 12.1 Å². The number of rotatable bonds is 9. The number of ether oxygens (including phenoxy) is 3. The van der Waals surface area contributed by atoms with E-state index in [0.717, 1.165) is 10.6 Å². The molecule has 0 aromatic heterocycles. The molecule has 0 saturated heterocycles. The molecular formula is C16H27N3O6S. The molecule has 1 rings (SSSR count). The number of nitrogens with one attached hydrogen (secondary N) is 2. The first-order valence-electron chi connectivity index (χ1n) is 7.96. The second-order valence-electron chi connectivity index (χ2n) is 5.77. The van der Waals surface area contributed by atoms with Gasteiger partial charge in [0, 0.05) is 24.7 Å². The molecule has 9 nitrogen and oxygen atoms in total. The summed E-state index contributed by atoms with van der Waals surface area (Å²) in [6, 6.07) is 2.70. The van der Waals surface area contributed by atoms with Gasteiger partial charge in [0.05, 0.1) is 39.8 Å². The molecule has 148 valence electrons. The summed E-state index contributed by atoms with van der Waals surface area (Å²) in [5.74, 6) is 1.03. The Kier molecular flexibility index (Phi) is 7.81. The van der Waals surface area contributed by atoms with Crippen molar-refractivity contribution < 1.29 is 27.4 Å². The molecule has 0 spiro atoms. The molecule has 2 amide bonds. The van der Waals surface area contributed by atoms with E-state index in [9.17, 15) is 13.2 Å². The van der Waals surface area contributed by atoms with Crippen molar-refractivity contribution in [3.63, 3.8) is 0 Å². The highest BCUT2D eigenvalue weighted by molar-refractivity contribution is 7.92. The van der Waals surface area contributed by atoms with Gasteiger partial charge < -0.3 is 24.8 Å². The minimum absolute atomic E-state index is 0.0175. The maximum atomic E-state index is 12.2. The van der Waals surface area contributed by atoms with Gasteiger partial charge in [-0.05, 0) is 13.8 Å². The molecule has 26 heavy (non-hydrogen) atoms. The van der Waals surface area contributed by atoms with Crippen LogP contribution in [0, 0.1) is 0 Å². The van der Waals surface area contributed by atoms with Crippen LogP contribution in [0.3, 0.4) is 0 Å². The van der Waals surface area contributed by atoms with E-state index in [-0.39, 0.29) is 25.2 Å². The molecule has 0 aliphatic carbocycles. The van der Waals surface area contributed by atoms with Crippen LogP contribution in [0.4, 0.5) is 10.5 Å². The standard InChI is InChI=1S/C16H27N3O6S/c1-11(2)18-16(20)17-7-8-19(26(6,21)22)12-9-13(23-3)15(25-5)14(10-12)24-4/h9-11H,7-8H2,1-6H3,(H2,17,18,20). The molecule has 2 N–H and O–H groups in total. The van der Waals surface area contributed by atoms with E-state index >= 15 is 0 Å². The number of hydrogen-bond acceptors (Lipinski definition) is 6. The molecule has 0 fully saturated rings. The van der Waals surface area contributed by atoms with Crippen LogP contribution < -0.4 is 29.1 Å². The third-order valence-electron chi connectivity index (χ3n) is 3.36. The second-order valence-corrected chi connectivity index (χ2v) is 7.68. The van der Waals surface area contributed by atoms with Crippen LogP contribution in [0.2, 0.25) is 0 Å². The van der Waals surface area contributed by atoms with E-state index in [0.29, 0.717) is 22.9 Å². The number of methoxy groups -OCH3 is 3. The molecule has 0 radical (unpaired) electrons. The third kappa shape index (κ3) is 5.87. The summed E-state index contributed by atoms with van der Waals surface area (Å²) in [6.07, 6.45) is 1.09. The number of anilines is 1. The van der Waals surface area contributed by atoms with Gasteiger partial charge >= 0.3 is 6.03 Å². The van der Waals surface area contributed by atoms with Gasteiger partial charge in [0.1, 0.15) is 0 Å². The van der Waals surface area contributed by atoms with E-state index < -0.39 is 10.0 Å². The van der Waals surface area contributed by atoms with Crippen LogP contribution in [-0.2, 0) is 10.0 Å². The first-order chi connectivity index (χ1) is 12.1. The second kappa shape index (κ2) is 9.37. The number of benzene rings is 1. The van der Waals surface area contributed by atoms with Crippen LogP contribution in [0.1, 0.15) is 13.8 Å². The van der Waals surface area contributed by atoms with Gasteiger partial charge in [0.15, 0.2) is 11.5 Å². The first kappa shape index (κ1) is 21.7. The van der Waals surface area contributed by atoms with E-state index in [1.165, 1.54) is 33.5 Å². The lowest BCUT2D eigenvalue weighted by Crippen LogP contribution is -2.43. The molecular weight excluding hydrogens is 362 g/mol. The lowest BCUT2D eigenvalue weighted by Gasteiger charge is -2.24. The summed E-state index contributed by atoms with van der Waals surface area (Å²) in [4.78, 5) is 11.7. The van der Waals surface area contributed by atoms with Crippen LogP contribution >= 0.6 is 0 Å². The Balaban J connectivity index is 3.09. The fourth-order valence-electron chi connectivity index (χ4n) is 2.28. The lowest BCUT2D eigenvalue weighted by molar-refractivity contribution is 0.239. The molecule has 0 heterocycles. The Labute approximate surface area is 154 Å². The summed E-state index contributed by atoms with van der Waals surface area (Å²) in [5, 5.41) is 5.29. The molecule has 1 aromatic rings. The number of urea groups is 1. The smallest absolute Gasteiger partial charge is 0.315 e. The summed E-state index contributed by atoms with van der Waals surface area (Å²) >= 11 is 0. The number of carbonyl (C=O) groups excluding carboxylic acids is 1. The average molecular weight is 389 g/mol. The van der Waals surface area contributed by atoms with Crippen LogP contribution in [0.25, 0.3) is 0 Å². The monoisotopic (exact) mass is 389 g/mol. The van der Waals surface area contributed by atoms with Crippen molar-refractivity contribution in [3.05, 3.63) is 12.1 Å². The molecule has 0 atom stereocenters. The Bertz CT molecular complexity index is 696. The Morgan fingerprint density at radius 2 is 1.65 bits per heavy atom. The average Bonchev–Trinajstić information content (AvgIpc) is 2.55. The molecule has 0 saturated carbocycles. The van der Waals surface area contributed by atoms with Gasteiger partial charge in [0.25, 0.3) is 0 Å². The lowest BCUT2D eigenvalue weighted by atomic mass is 10.2. The fourth-order valence-corrected chi connectivity index (χ4v) is 3.19. The molecule has 1 aromatic carbocycles. The normalized spacial score (nSPS) is 11.0. The fraction of sp³-hybridized carbons (Fsp3) is 0.562. The summed E-state index contributed by atoms with van der Waals surface area (Å²) in [5.41, 5.74) is 0.341. The van der Waals surface area contributed by atoms with Gasteiger partial charge in [-0.1, -0.05) is 0 Å². The van der Waals surface area contributed by atoms with E-state index in [2.05, 4.69) is 10.6 Å².